The van der Waals surface area contributed by atoms with Gasteiger partial charge in [-0.2, -0.15) is 0 Å². The molecule has 2 heterocycles. The van der Waals surface area contributed by atoms with Crippen LogP contribution in [0.4, 0.5) is 10.2 Å². The third-order valence-electron chi connectivity index (χ3n) is 5.57. The summed E-state index contributed by atoms with van der Waals surface area (Å²) in [6.45, 7) is 2.05. The molecule has 1 aliphatic heterocycles. The molecule has 1 aromatic heterocycles. The molecule has 150 valence electrons. The molecular weight excluding hydrogens is 383 g/mol. The van der Waals surface area contributed by atoms with Gasteiger partial charge in [0, 0.05) is 35.3 Å². The van der Waals surface area contributed by atoms with Crippen LogP contribution in [-0.4, -0.2) is 29.2 Å². The molecule has 1 aliphatic carbocycles. The van der Waals surface area contributed by atoms with Crippen LogP contribution in [0, 0.1) is 5.82 Å². The molecule has 0 radical (unpaired) electrons. The van der Waals surface area contributed by atoms with Crippen LogP contribution in [0.15, 0.2) is 29.6 Å². The summed E-state index contributed by atoms with van der Waals surface area (Å²) < 4.78 is 19.0. The molecule has 0 spiro atoms. The Morgan fingerprint density at radius 3 is 2.93 bits per heavy atom. The number of nitrogens with two attached hydrogens (primary N) is 2. The van der Waals surface area contributed by atoms with Crippen LogP contribution in [0.3, 0.4) is 0 Å². The Kier molecular flexibility index (Phi) is 5.16. The molecular formula is C19H25ClFN6O+. The van der Waals surface area contributed by atoms with Gasteiger partial charge in [-0.1, -0.05) is 16.8 Å². The lowest BCUT2D eigenvalue weighted by Crippen LogP contribution is -2.37. The fourth-order valence-electron chi connectivity index (χ4n) is 3.89. The highest BCUT2D eigenvalue weighted by molar-refractivity contribution is 6.31. The highest BCUT2D eigenvalue weighted by Gasteiger charge is 2.27. The van der Waals surface area contributed by atoms with Crippen LogP contribution >= 0.6 is 11.6 Å². The fraction of sp³-hybridized carbons (Fsp3) is 0.474. The molecule has 1 aromatic carbocycles. The van der Waals surface area contributed by atoms with Gasteiger partial charge in [-0.15, -0.1) is 9.36 Å². The third-order valence-corrected chi connectivity index (χ3v) is 5.90. The molecule has 28 heavy (non-hydrogen) atoms. The highest BCUT2D eigenvalue weighted by Crippen LogP contribution is 2.28. The molecule has 2 aromatic rings. The zero-order chi connectivity index (χ0) is 19.8. The number of hydrogen-bond donors (Lipinski definition) is 2. The monoisotopic (exact) mass is 407 g/mol. The first-order valence-corrected chi connectivity index (χ1v) is 9.85. The van der Waals surface area contributed by atoms with E-state index in [2.05, 4.69) is 14.7 Å². The second-order valence-electron chi connectivity index (χ2n) is 7.43. The van der Waals surface area contributed by atoms with Crippen LogP contribution in [0.25, 0.3) is 0 Å². The van der Waals surface area contributed by atoms with Crippen molar-refractivity contribution in [2.45, 2.75) is 44.5 Å². The molecule has 0 saturated heterocycles. The molecule has 7 nitrogen and oxygen atoms in total. The Hall–Kier alpha value is -2.32. The van der Waals surface area contributed by atoms with Gasteiger partial charge in [0.2, 0.25) is 0 Å². The van der Waals surface area contributed by atoms with E-state index in [4.69, 9.17) is 27.9 Å². The van der Waals surface area contributed by atoms with E-state index in [1.165, 1.54) is 6.07 Å². The van der Waals surface area contributed by atoms with Crippen LogP contribution < -0.4 is 21.0 Å². The maximum atomic E-state index is 14.8. The summed E-state index contributed by atoms with van der Waals surface area (Å²) in [5.74, 6) is 0.727. The van der Waals surface area contributed by atoms with Crippen molar-refractivity contribution in [2.24, 2.45) is 23.7 Å². The topological polar surface area (TPSA) is 85.7 Å². The standard InChI is InChI=1S/C19H25ClFN6O/c1-25-6-5-18-26(7-8-27(18)25)11-13-14(20)9-12(10-15(13)21)19(23)24-28-17-4-2-3-16(17)22/h5-6,9-10,16-17H,2-4,7-8,11,22H2,1H3,(H2,23,24)/q+1. The maximum Gasteiger partial charge on any atom is 0.197 e. The zero-order valence-electron chi connectivity index (χ0n) is 15.8. The van der Waals surface area contributed by atoms with Crippen molar-refractivity contribution in [2.75, 3.05) is 11.4 Å². The molecule has 1 fully saturated rings. The van der Waals surface area contributed by atoms with Crippen molar-refractivity contribution in [1.29, 1.82) is 0 Å². The second-order valence-corrected chi connectivity index (χ2v) is 7.83. The summed E-state index contributed by atoms with van der Waals surface area (Å²) in [5.41, 5.74) is 12.8. The zero-order valence-corrected chi connectivity index (χ0v) is 16.6. The van der Waals surface area contributed by atoms with Crippen molar-refractivity contribution >= 4 is 23.3 Å². The number of halogens is 2. The Morgan fingerprint density at radius 2 is 2.21 bits per heavy atom. The Balaban J connectivity index is 1.50. The number of aryl methyl sites for hydroxylation is 1. The predicted octanol–water partition coefficient (Wildman–Crippen LogP) is 1.64. The summed E-state index contributed by atoms with van der Waals surface area (Å²) in [4.78, 5) is 7.55. The van der Waals surface area contributed by atoms with Crippen molar-refractivity contribution in [3.05, 3.63) is 46.4 Å². The third kappa shape index (κ3) is 3.54. The summed E-state index contributed by atoms with van der Waals surface area (Å²) in [6.07, 6.45) is 4.60. The van der Waals surface area contributed by atoms with Gasteiger partial charge < -0.3 is 21.2 Å². The molecule has 0 amide bonds. The number of nitrogens with zero attached hydrogens (tertiary/aromatic N) is 4. The van der Waals surface area contributed by atoms with Crippen molar-refractivity contribution < 1.29 is 13.9 Å². The molecule has 2 atom stereocenters. The summed E-state index contributed by atoms with van der Waals surface area (Å²) in [7, 11) is 1.98. The van der Waals surface area contributed by atoms with E-state index in [0.717, 1.165) is 38.2 Å². The number of anilines is 1. The second kappa shape index (κ2) is 7.60. The van der Waals surface area contributed by atoms with Gasteiger partial charge in [0.05, 0.1) is 12.6 Å². The molecule has 2 unspecified atom stereocenters. The number of benzene rings is 1. The minimum Gasteiger partial charge on any atom is -0.389 e. The van der Waals surface area contributed by atoms with Crippen LogP contribution in [0.5, 0.6) is 0 Å². The van der Waals surface area contributed by atoms with Gasteiger partial charge >= 0.3 is 0 Å². The largest absolute Gasteiger partial charge is 0.389 e. The van der Waals surface area contributed by atoms with E-state index in [0.29, 0.717) is 22.7 Å². The number of amidine groups is 1. The number of oxime groups is 1. The molecule has 1 saturated carbocycles. The first kappa shape index (κ1) is 19.0. The minimum atomic E-state index is -0.410. The van der Waals surface area contributed by atoms with Gasteiger partial charge in [0.25, 0.3) is 0 Å². The van der Waals surface area contributed by atoms with Crippen molar-refractivity contribution in [1.82, 2.24) is 4.68 Å². The minimum absolute atomic E-state index is 0.0412. The van der Waals surface area contributed by atoms with E-state index in [1.807, 2.05) is 24.0 Å². The van der Waals surface area contributed by atoms with Crippen LogP contribution in [0.1, 0.15) is 30.4 Å². The average molecular weight is 408 g/mol. The van der Waals surface area contributed by atoms with Gasteiger partial charge in [0.15, 0.2) is 24.9 Å². The van der Waals surface area contributed by atoms with Crippen molar-refractivity contribution in [3.8, 4) is 0 Å². The van der Waals surface area contributed by atoms with E-state index in [-0.39, 0.29) is 18.0 Å². The maximum absolute atomic E-state index is 14.8. The van der Waals surface area contributed by atoms with Gasteiger partial charge in [-0.3, -0.25) is 0 Å². The lowest BCUT2D eigenvalue weighted by atomic mass is 10.1. The summed E-state index contributed by atoms with van der Waals surface area (Å²) >= 11 is 6.39. The Bertz CT molecular complexity index is 891. The Morgan fingerprint density at radius 1 is 1.39 bits per heavy atom. The number of rotatable bonds is 5. The molecule has 4 rings (SSSR count). The SMILES string of the molecule is C[n+]1ccc2n1CCN2Cc1c(F)cc(C(N)=NOC2CCCC2N)cc1Cl. The smallest absolute Gasteiger partial charge is 0.197 e. The lowest BCUT2D eigenvalue weighted by molar-refractivity contribution is -0.751. The Labute approximate surface area is 168 Å². The number of hydrogen-bond acceptors (Lipinski definition) is 4. The normalized spacial score (nSPS) is 22.0. The highest BCUT2D eigenvalue weighted by atomic mass is 35.5. The molecule has 9 heteroatoms. The number of aromatic nitrogens is 2. The average Bonchev–Trinajstić information content (AvgIpc) is 3.35. The molecule has 0 bridgehead atoms. The van der Waals surface area contributed by atoms with E-state index < -0.39 is 5.82 Å². The van der Waals surface area contributed by atoms with Gasteiger partial charge in [-0.05, 0) is 31.4 Å². The van der Waals surface area contributed by atoms with Gasteiger partial charge in [-0.25, -0.2) is 4.39 Å². The quantitative estimate of drug-likeness (QED) is 0.341. The summed E-state index contributed by atoms with van der Waals surface area (Å²) in [6, 6.07) is 4.96. The van der Waals surface area contributed by atoms with E-state index >= 15 is 0 Å². The van der Waals surface area contributed by atoms with Gasteiger partial charge in [0.1, 0.15) is 11.9 Å². The number of fused-ring (bicyclic) bond motifs is 1. The lowest BCUT2D eigenvalue weighted by Gasteiger charge is -2.18. The summed E-state index contributed by atoms with van der Waals surface area (Å²) in [5, 5.41) is 4.27. The molecule has 4 N–H and O–H groups in total. The van der Waals surface area contributed by atoms with Crippen LogP contribution in [0.2, 0.25) is 5.02 Å². The first-order chi connectivity index (χ1) is 13.4. The fourth-order valence-corrected chi connectivity index (χ4v) is 4.16. The van der Waals surface area contributed by atoms with Crippen LogP contribution in [-0.2, 0) is 25.0 Å². The predicted molar refractivity (Wildman–Crippen MR) is 105 cm³/mol. The van der Waals surface area contributed by atoms with E-state index in [1.54, 1.807) is 6.07 Å². The first-order valence-electron chi connectivity index (χ1n) is 9.47. The molecule has 2 aliphatic rings. The van der Waals surface area contributed by atoms with Crippen molar-refractivity contribution in [3.63, 3.8) is 0 Å². The van der Waals surface area contributed by atoms with E-state index in [9.17, 15) is 4.39 Å².